The number of para-hydroxylation sites is 1. The van der Waals surface area contributed by atoms with Gasteiger partial charge in [-0.05, 0) is 31.4 Å². The molecular weight excluding hydrogens is 312 g/mol. The van der Waals surface area contributed by atoms with E-state index in [9.17, 15) is 18.9 Å². The second-order valence-corrected chi connectivity index (χ2v) is 7.67. The zero-order valence-corrected chi connectivity index (χ0v) is 13.9. The van der Waals surface area contributed by atoms with E-state index in [1.165, 1.54) is 4.31 Å². The molecule has 0 saturated carbocycles. The number of benzene rings is 1. The van der Waals surface area contributed by atoms with Crippen molar-refractivity contribution in [1.29, 1.82) is 10.5 Å². The lowest BCUT2D eigenvalue weighted by molar-refractivity contribution is 0.329. The van der Waals surface area contributed by atoms with Crippen LogP contribution in [0.4, 0.5) is 5.69 Å². The van der Waals surface area contributed by atoms with E-state index in [1.807, 2.05) is 6.92 Å². The monoisotopic (exact) mass is 332 g/mol. The summed E-state index contributed by atoms with van der Waals surface area (Å²) in [5, 5.41) is 21.6. The lowest BCUT2D eigenvalue weighted by Crippen LogP contribution is -2.43. The summed E-state index contributed by atoms with van der Waals surface area (Å²) in [5.41, 5.74) is 1.42. The van der Waals surface area contributed by atoms with Gasteiger partial charge in [-0.1, -0.05) is 13.0 Å². The lowest BCUT2D eigenvalue weighted by atomic mass is 10.0. The molecule has 0 bridgehead atoms. The van der Waals surface area contributed by atoms with Crippen LogP contribution in [-0.2, 0) is 10.0 Å². The zero-order valence-electron chi connectivity index (χ0n) is 13.1. The van der Waals surface area contributed by atoms with E-state index in [0.29, 0.717) is 49.2 Å². The molecule has 1 heterocycles. The van der Waals surface area contributed by atoms with Gasteiger partial charge >= 0.3 is 0 Å². The number of sulfonamides is 1. The number of anilines is 1. The summed E-state index contributed by atoms with van der Waals surface area (Å²) >= 11 is 0. The van der Waals surface area contributed by atoms with Crippen molar-refractivity contribution >= 4 is 15.7 Å². The molecule has 1 fully saturated rings. The van der Waals surface area contributed by atoms with Crippen molar-refractivity contribution < 1.29 is 8.42 Å². The van der Waals surface area contributed by atoms with Crippen molar-refractivity contribution in [2.45, 2.75) is 32.2 Å². The Hall–Kier alpha value is -2.09. The van der Waals surface area contributed by atoms with Gasteiger partial charge < -0.3 is 5.32 Å². The topological polar surface area (TPSA) is 97.0 Å². The van der Waals surface area contributed by atoms with E-state index in [4.69, 9.17) is 0 Å². The Kier molecular flexibility index (Phi) is 5.59. The predicted octanol–water partition coefficient (Wildman–Crippen LogP) is 2.05. The first-order chi connectivity index (χ1) is 11.0. The molecule has 122 valence electrons. The normalized spacial score (nSPS) is 16.5. The van der Waals surface area contributed by atoms with Crippen molar-refractivity contribution in [2.24, 2.45) is 0 Å². The predicted molar refractivity (Wildman–Crippen MR) is 88.2 cm³/mol. The van der Waals surface area contributed by atoms with Gasteiger partial charge in [0.1, 0.15) is 12.1 Å². The van der Waals surface area contributed by atoms with E-state index in [2.05, 4.69) is 17.5 Å². The molecule has 0 radical (unpaired) electrons. The van der Waals surface area contributed by atoms with Crippen LogP contribution in [0.15, 0.2) is 18.2 Å². The summed E-state index contributed by atoms with van der Waals surface area (Å²) in [4.78, 5) is 0. The number of nitrogens with one attached hydrogen (secondary N) is 1. The summed E-state index contributed by atoms with van der Waals surface area (Å²) in [5.74, 6) is 0.181. The van der Waals surface area contributed by atoms with Crippen LogP contribution < -0.4 is 5.32 Å². The Bertz CT molecular complexity index is 706. The third kappa shape index (κ3) is 4.01. The highest BCUT2D eigenvalue weighted by Crippen LogP contribution is 2.24. The Morgan fingerprint density at radius 3 is 2.26 bits per heavy atom. The summed E-state index contributed by atoms with van der Waals surface area (Å²) in [7, 11) is -3.15. The highest BCUT2D eigenvalue weighted by atomic mass is 32.2. The maximum atomic E-state index is 12.1. The average Bonchev–Trinajstić information content (AvgIpc) is 2.55. The number of piperidine rings is 1. The van der Waals surface area contributed by atoms with Crippen molar-refractivity contribution in [3.63, 3.8) is 0 Å². The Labute approximate surface area is 137 Å². The molecule has 1 aromatic carbocycles. The first-order valence-electron chi connectivity index (χ1n) is 7.69. The van der Waals surface area contributed by atoms with Crippen LogP contribution in [0.1, 0.15) is 37.3 Å². The maximum Gasteiger partial charge on any atom is 0.214 e. The maximum absolute atomic E-state index is 12.1. The summed E-state index contributed by atoms with van der Waals surface area (Å²) in [6, 6.07) is 9.26. The van der Waals surface area contributed by atoms with Crippen molar-refractivity contribution in [3.05, 3.63) is 29.3 Å². The molecule has 7 heteroatoms. The van der Waals surface area contributed by atoms with Gasteiger partial charge in [0.25, 0.3) is 0 Å². The second-order valence-electron chi connectivity index (χ2n) is 5.59. The fraction of sp³-hybridized carbons (Fsp3) is 0.500. The molecule has 0 spiro atoms. The summed E-state index contributed by atoms with van der Waals surface area (Å²) < 4.78 is 25.7. The van der Waals surface area contributed by atoms with Gasteiger partial charge in [0, 0.05) is 19.1 Å². The summed E-state index contributed by atoms with van der Waals surface area (Å²) in [6.45, 7) is 2.79. The third-order valence-electron chi connectivity index (χ3n) is 3.96. The molecule has 23 heavy (non-hydrogen) atoms. The minimum absolute atomic E-state index is 0.0599. The molecule has 0 amide bonds. The number of hydrogen-bond donors (Lipinski definition) is 1. The largest absolute Gasteiger partial charge is 0.380 e. The molecule has 1 N–H and O–H groups in total. The molecule has 1 aliphatic rings. The molecule has 0 aromatic heterocycles. The fourth-order valence-corrected chi connectivity index (χ4v) is 4.30. The van der Waals surface area contributed by atoms with Crippen LogP contribution in [-0.4, -0.2) is 37.6 Å². The molecule has 2 rings (SSSR count). The second kappa shape index (κ2) is 7.45. The van der Waals surface area contributed by atoms with Crippen LogP contribution in [0, 0.1) is 22.7 Å². The van der Waals surface area contributed by atoms with E-state index >= 15 is 0 Å². The van der Waals surface area contributed by atoms with Crippen molar-refractivity contribution in [3.8, 4) is 12.1 Å². The molecule has 1 aromatic rings. The van der Waals surface area contributed by atoms with Gasteiger partial charge in [-0.2, -0.15) is 10.5 Å². The van der Waals surface area contributed by atoms with Crippen LogP contribution in [0.3, 0.4) is 0 Å². The lowest BCUT2D eigenvalue weighted by Gasteiger charge is -2.32. The first-order valence-corrected chi connectivity index (χ1v) is 9.30. The van der Waals surface area contributed by atoms with Crippen LogP contribution >= 0.6 is 0 Å². The Balaban J connectivity index is 2.06. The molecule has 0 unspecified atom stereocenters. The van der Waals surface area contributed by atoms with Crippen LogP contribution in [0.2, 0.25) is 0 Å². The molecule has 0 atom stereocenters. The standard InChI is InChI=1S/C16H20N4O2S/c1-2-10-23(21,22)20-8-6-15(7-9-20)19-16-13(11-17)4-3-5-14(16)12-18/h3-5,15,19H,2,6-10H2,1H3. The van der Waals surface area contributed by atoms with Gasteiger partial charge in [-0.3, -0.25) is 0 Å². The highest BCUT2D eigenvalue weighted by molar-refractivity contribution is 7.89. The number of hydrogen-bond acceptors (Lipinski definition) is 5. The average molecular weight is 332 g/mol. The minimum Gasteiger partial charge on any atom is -0.380 e. The molecular formula is C16H20N4O2S. The first kappa shape index (κ1) is 17.3. The number of nitrogens with zero attached hydrogens (tertiary/aromatic N) is 3. The molecule has 0 aliphatic carbocycles. The van der Waals surface area contributed by atoms with Gasteiger partial charge in [0.05, 0.1) is 22.6 Å². The molecule has 1 aliphatic heterocycles. The quantitative estimate of drug-likeness (QED) is 0.890. The van der Waals surface area contributed by atoms with Gasteiger partial charge in [0.2, 0.25) is 10.0 Å². The third-order valence-corrected chi connectivity index (χ3v) is 6.04. The zero-order chi connectivity index (χ0) is 16.9. The van der Waals surface area contributed by atoms with Crippen LogP contribution in [0.25, 0.3) is 0 Å². The Morgan fingerprint density at radius 2 is 1.78 bits per heavy atom. The SMILES string of the molecule is CCCS(=O)(=O)N1CCC(Nc2c(C#N)cccc2C#N)CC1. The van der Waals surface area contributed by atoms with E-state index in [1.54, 1.807) is 18.2 Å². The van der Waals surface area contributed by atoms with Gasteiger partial charge in [0.15, 0.2) is 0 Å². The van der Waals surface area contributed by atoms with E-state index in [0.717, 1.165) is 0 Å². The minimum atomic E-state index is -3.15. The van der Waals surface area contributed by atoms with Crippen molar-refractivity contribution in [1.82, 2.24) is 4.31 Å². The van der Waals surface area contributed by atoms with E-state index < -0.39 is 10.0 Å². The summed E-state index contributed by atoms with van der Waals surface area (Å²) in [6.07, 6.45) is 1.93. The highest BCUT2D eigenvalue weighted by Gasteiger charge is 2.27. The fourth-order valence-electron chi connectivity index (χ4n) is 2.76. The Morgan fingerprint density at radius 1 is 1.22 bits per heavy atom. The van der Waals surface area contributed by atoms with Crippen LogP contribution in [0.5, 0.6) is 0 Å². The number of nitriles is 2. The van der Waals surface area contributed by atoms with Gasteiger partial charge in [-0.25, -0.2) is 12.7 Å². The molecule has 1 saturated heterocycles. The smallest absolute Gasteiger partial charge is 0.214 e. The van der Waals surface area contributed by atoms with E-state index in [-0.39, 0.29) is 11.8 Å². The molecule has 6 nitrogen and oxygen atoms in total. The number of rotatable bonds is 5. The van der Waals surface area contributed by atoms with Gasteiger partial charge in [-0.15, -0.1) is 0 Å². The van der Waals surface area contributed by atoms with Crippen molar-refractivity contribution in [2.75, 3.05) is 24.2 Å².